The SMILES string of the molecule is CC(O)(CNC1CC1)Cc1ccc(Br)cn1. The van der Waals surface area contributed by atoms with E-state index >= 15 is 0 Å². The number of aliphatic hydroxyl groups is 1. The van der Waals surface area contributed by atoms with Gasteiger partial charge in [-0.25, -0.2) is 0 Å². The molecule has 0 amide bonds. The highest BCUT2D eigenvalue weighted by Crippen LogP contribution is 2.20. The van der Waals surface area contributed by atoms with Crippen LogP contribution in [0, 0.1) is 0 Å². The Hall–Kier alpha value is -0.450. The Bertz CT molecular complexity index is 347. The second-order valence-electron chi connectivity index (χ2n) is 4.80. The molecule has 1 fully saturated rings. The molecule has 2 N–H and O–H groups in total. The Morgan fingerprint density at radius 1 is 1.56 bits per heavy atom. The fraction of sp³-hybridized carbons (Fsp3) is 0.583. The van der Waals surface area contributed by atoms with Crippen LogP contribution in [0.1, 0.15) is 25.5 Å². The van der Waals surface area contributed by atoms with Gasteiger partial charge in [-0.2, -0.15) is 0 Å². The molecule has 2 rings (SSSR count). The third kappa shape index (κ3) is 3.85. The quantitative estimate of drug-likeness (QED) is 0.868. The highest BCUT2D eigenvalue weighted by molar-refractivity contribution is 9.10. The summed E-state index contributed by atoms with van der Waals surface area (Å²) in [4.78, 5) is 4.27. The van der Waals surface area contributed by atoms with Crippen molar-refractivity contribution >= 4 is 15.9 Å². The highest BCUT2D eigenvalue weighted by atomic mass is 79.9. The molecular weight excluding hydrogens is 268 g/mol. The fourth-order valence-electron chi connectivity index (χ4n) is 1.62. The van der Waals surface area contributed by atoms with Crippen LogP contribution >= 0.6 is 15.9 Å². The molecule has 1 aromatic rings. The molecular formula is C12H17BrN2O. The molecule has 1 unspecified atom stereocenters. The summed E-state index contributed by atoms with van der Waals surface area (Å²) >= 11 is 3.35. The summed E-state index contributed by atoms with van der Waals surface area (Å²) in [7, 11) is 0. The van der Waals surface area contributed by atoms with E-state index in [4.69, 9.17) is 0 Å². The lowest BCUT2D eigenvalue weighted by Crippen LogP contribution is -2.40. The first kappa shape index (κ1) is 12.0. The number of hydrogen-bond donors (Lipinski definition) is 2. The van der Waals surface area contributed by atoms with Gasteiger partial charge >= 0.3 is 0 Å². The largest absolute Gasteiger partial charge is 0.388 e. The predicted molar refractivity (Wildman–Crippen MR) is 67.3 cm³/mol. The lowest BCUT2D eigenvalue weighted by molar-refractivity contribution is 0.0588. The molecule has 1 heterocycles. The van der Waals surface area contributed by atoms with E-state index in [2.05, 4.69) is 26.2 Å². The summed E-state index contributed by atoms with van der Waals surface area (Å²) in [5, 5.41) is 13.5. The minimum absolute atomic E-state index is 0.583. The first-order chi connectivity index (χ1) is 7.55. The lowest BCUT2D eigenvalue weighted by Gasteiger charge is -2.23. The average molecular weight is 285 g/mol. The highest BCUT2D eigenvalue weighted by Gasteiger charge is 2.27. The number of pyridine rings is 1. The molecule has 0 saturated heterocycles. The molecule has 0 spiro atoms. The minimum Gasteiger partial charge on any atom is -0.388 e. The van der Waals surface area contributed by atoms with Gasteiger partial charge < -0.3 is 10.4 Å². The first-order valence-corrected chi connectivity index (χ1v) is 6.41. The van der Waals surface area contributed by atoms with Crippen molar-refractivity contribution in [1.29, 1.82) is 0 Å². The van der Waals surface area contributed by atoms with Gasteiger partial charge in [0.15, 0.2) is 0 Å². The topological polar surface area (TPSA) is 45.1 Å². The van der Waals surface area contributed by atoms with Gasteiger partial charge in [0.25, 0.3) is 0 Å². The van der Waals surface area contributed by atoms with Crippen molar-refractivity contribution in [2.75, 3.05) is 6.54 Å². The monoisotopic (exact) mass is 284 g/mol. The van der Waals surface area contributed by atoms with E-state index in [1.807, 2.05) is 19.1 Å². The van der Waals surface area contributed by atoms with Gasteiger partial charge in [0, 0.05) is 35.4 Å². The summed E-state index contributed by atoms with van der Waals surface area (Å²) in [6.45, 7) is 2.49. The van der Waals surface area contributed by atoms with Crippen molar-refractivity contribution in [3.63, 3.8) is 0 Å². The molecule has 1 saturated carbocycles. The number of nitrogens with one attached hydrogen (secondary N) is 1. The molecule has 1 aromatic heterocycles. The molecule has 16 heavy (non-hydrogen) atoms. The summed E-state index contributed by atoms with van der Waals surface area (Å²) in [5.74, 6) is 0. The third-order valence-electron chi connectivity index (χ3n) is 2.70. The molecule has 0 aliphatic heterocycles. The van der Waals surface area contributed by atoms with E-state index in [1.165, 1.54) is 12.8 Å². The third-order valence-corrected chi connectivity index (χ3v) is 3.17. The number of rotatable bonds is 5. The molecule has 0 aromatic carbocycles. The van der Waals surface area contributed by atoms with E-state index in [-0.39, 0.29) is 0 Å². The van der Waals surface area contributed by atoms with Crippen molar-refractivity contribution in [3.8, 4) is 0 Å². The van der Waals surface area contributed by atoms with E-state index in [9.17, 15) is 5.11 Å². The molecule has 1 aliphatic rings. The van der Waals surface area contributed by atoms with E-state index in [0.29, 0.717) is 19.0 Å². The molecule has 4 heteroatoms. The second kappa shape index (κ2) is 4.82. The summed E-state index contributed by atoms with van der Waals surface area (Å²) < 4.78 is 0.965. The summed E-state index contributed by atoms with van der Waals surface area (Å²) in [6.07, 6.45) is 4.83. The van der Waals surface area contributed by atoms with Gasteiger partial charge in [-0.05, 0) is 47.8 Å². The Labute approximate surface area is 104 Å². The van der Waals surface area contributed by atoms with Gasteiger partial charge in [0.05, 0.1) is 5.60 Å². The van der Waals surface area contributed by atoms with Crippen molar-refractivity contribution in [1.82, 2.24) is 10.3 Å². The normalized spacial score (nSPS) is 19.4. The standard InChI is InChI=1S/C12H17BrN2O/c1-12(16,8-15-10-4-5-10)6-11-3-2-9(13)7-14-11/h2-3,7,10,15-16H,4-6,8H2,1H3. The van der Waals surface area contributed by atoms with E-state index in [0.717, 1.165) is 10.2 Å². The molecule has 1 atom stereocenters. The minimum atomic E-state index is -0.719. The van der Waals surface area contributed by atoms with Gasteiger partial charge in [-0.3, -0.25) is 4.98 Å². The van der Waals surface area contributed by atoms with E-state index in [1.54, 1.807) is 6.20 Å². The van der Waals surface area contributed by atoms with Crippen LogP contribution < -0.4 is 5.32 Å². The van der Waals surface area contributed by atoms with Crippen LogP contribution in [0.15, 0.2) is 22.8 Å². The van der Waals surface area contributed by atoms with Crippen LogP contribution in [0.3, 0.4) is 0 Å². The van der Waals surface area contributed by atoms with Crippen LogP contribution in [0.4, 0.5) is 0 Å². The number of halogens is 1. The van der Waals surface area contributed by atoms with Crippen LogP contribution in [-0.4, -0.2) is 28.3 Å². The fourth-order valence-corrected chi connectivity index (χ4v) is 1.85. The zero-order valence-electron chi connectivity index (χ0n) is 9.41. The summed E-state index contributed by atoms with van der Waals surface area (Å²) in [5.41, 5.74) is 0.203. The van der Waals surface area contributed by atoms with Crippen molar-refractivity contribution < 1.29 is 5.11 Å². The Balaban J connectivity index is 1.87. The number of aromatic nitrogens is 1. The Morgan fingerprint density at radius 3 is 2.88 bits per heavy atom. The van der Waals surface area contributed by atoms with Crippen LogP contribution in [0.5, 0.6) is 0 Å². The van der Waals surface area contributed by atoms with Gasteiger partial charge in [0.1, 0.15) is 0 Å². The molecule has 3 nitrogen and oxygen atoms in total. The molecule has 0 bridgehead atoms. The zero-order chi connectivity index (χ0) is 11.6. The molecule has 1 aliphatic carbocycles. The number of nitrogens with zero attached hydrogens (tertiary/aromatic N) is 1. The van der Waals surface area contributed by atoms with Crippen molar-refractivity contribution in [2.24, 2.45) is 0 Å². The average Bonchev–Trinajstić information content (AvgIpc) is 3.02. The van der Waals surface area contributed by atoms with Crippen LogP contribution in [-0.2, 0) is 6.42 Å². The second-order valence-corrected chi connectivity index (χ2v) is 5.71. The maximum atomic E-state index is 10.2. The van der Waals surface area contributed by atoms with Gasteiger partial charge in [0.2, 0.25) is 0 Å². The predicted octanol–water partition coefficient (Wildman–Crippen LogP) is 1.89. The Kier molecular flexibility index (Phi) is 3.62. The van der Waals surface area contributed by atoms with Gasteiger partial charge in [-0.1, -0.05) is 0 Å². The summed E-state index contributed by atoms with van der Waals surface area (Å²) in [6, 6.07) is 4.52. The maximum Gasteiger partial charge on any atom is 0.0798 e. The maximum absolute atomic E-state index is 10.2. The molecule has 0 radical (unpaired) electrons. The van der Waals surface area contributed by atoms with Crippen molar-refractivity contribution in [3.05, 3.63) is 28.5 Å². The van der Waals surface area contributed by atoms with Crippen molar-refractivity contribution in [2.45, 2.75) is 37.8 Å². The number of hydrogen-bond acceptors (Lipinski definition) is 3. The first-order valence-electron chi connectivity index (χ1n) is 5.61. The zero-order valence-corrected chi connectivity index (χ0v) is 11.0. The van der Waals surface area contributed by atoms with E-state index < -0.39 is 5.60 Å². The van der Waals surface area contributed by atoms with Gasteiger partial charge in [-0.15, -0.1) is 0 Å². The Morgan fingerprint density at radius 2 is 2.31 bits per heavy atom. The smallest absolute Gasteiger partial charge is 0.0798 e. The lowest BCUT2D eigenvalue weighted by atomic mass is 10.00. The molecule has 88 valence electrons. The van der Waals surface area contributed by atoms with Crippen LogP contribution in [0.25, 0.3) is 0 Å². The van der Waals surface area contributed by atoms with Crippen LogP contribution in [0.2, 0.25) is 0 Å².